The lowest BCUT2D eigenvalue weighted by Gasteiger charge is -2.08. The number of hydrogen-bond acceptors (Lipinski definition) is 2. The molecule has 15 heavy (non-hydrogen) atoms. The molecule has 1 unspecified atom stereocenters. The van der Waals surface area contributed by atoms with E-state index in [2.05, 4.69) is 35.2 Å². The summed E-state index contributed by atoms with van der Waals surface area (Å²) in [5.41, 5.74) is 4.14. The minimum absolute atomic E-state index is 0.708. The highest BCUT2D eigenvalue weighted by molar-refractivity contribution is 5.27. The molecule has 0 saturated carbocycles. The number of aromatic nitrogens is 1. The SMILES string of the molecule is CNCc1cc(C2CCN(C)C2)[nH]c1C. The fourth-order valence-corrected chi connectivity index (χ4v) is 2.41. The summed E-state index contributed by atoms with van der Waals surface area (Å²) in [4.78, 5) is 5.93. The van der Waals surface area contributed by atoms with E-state index in [0.717, 1.165) is 6.54 Å². The average Bonchev–Trinajstić information content (AvgIpc) is 2.75. The average molecular weight is 207 g/mol. The number of aryl methyl sites for hydroxylation is 1. The zero-order valence-corrected chi connectivity index (χ0v) is 9.93. The van der Waals surface area contributed by atoms with E-state index in [1.807, 2.05) is 7.05 Å². The second-order valence-corrected chi connectivity index (χ2v) is 4.65. The van der Waals surface area contributed by atoms with Crippen LogP contribution < -0.4 is 5.32 Å². The van der Waals surface area contributed by atoms with E-state index in [9.17, 15) is 0 Å². The first-order valence-corrected chi connectivity index (χ1v) is 5.72. The number of likely N-dealkylation sites (N-methyl/N-ethyl adjacent to an activating group) is 1. The summed E-state index contributed by atoms with van der Waals surface area (Å²) in [7, 11) is 4.19. The summed E-state index contributed by atoms with van der Waals surface area (Å²) in [6.07, 6.45) is 1.29. The van der Waals surface area contributed by atoms with E-state index in [0.29, 0.717) is 5.92 Å². The van der Waals surface area contributed by atoms with Crippen LogP contribution in [0.3, 0.4) is 0 Å². The first-order chi connectivity index (χ1) is 7.20. The molecule has 0 aromatic carbocycles. The summed E-state index contributed by atoms with van der Waals surface area (Å²) >= 11 is 0. The van der Waals surface area contributed by atoms with Gasteiger partial charge in [-0.1, -0.05) is 0 Å². The predicted molar refractivity (Wildman–Crippen MR) is 63.1 cm³/mol. The molecule has 1 atom stereocenters. The fraction of sp³-hybridized carbons (Fsp3) is 0.667. The van der Waals surface area contributed by atoms with E-state index in [1.165, 1.54) is 36.5 Å². The smallest absolute Gasteiger partial charge is 0.0220 e. The molecule has 3 nitrogen and oxygen atoms in total. The van der Waals surface area contributed by atoms with Gasteiger partial charge < -0.3 is 15.2 Å². The minimum Gasteiger partial charge on any atom is -0.362 e. The van der Waals surface area contributed by atoms with E-state index in [4.69, 9.17) is 0 Å². The van der Waals surface area contributed by atoms with Crippen LogP contribution in [0.15, 0.2) is 6.07 Å². The molecular formula is C12H21N3. The van der Waals surface area contributed by atoms with Gasteiger partial charge in [0.05, 0.1) is 0 Å². The molecule has 2 rings (SSSR count). The summed E-state index contributed by atoms with van der Waals surface area (Å²) in [5.74, 6) is 0.708. The van der Waals surface area contributed by atoms with Crippen molar-refractivity contribution in [3.63, 3.8) is 0 Å². The zero-order chi connectivity index (χ0) is 10.8. The Morgan fingerprint density at radius 1 is 1.60 bits per heavy atom. The van der Waals surface area contributed by atoms with Crippen LogP contribution in [0.25, 0.3) is 0 Å². The van der Waals surface area contributed by atoms with Crippen LogP contribution in [0.4, 0.5) is 0 Å². The Hall–Kier alpha value is -0.800. The van der Waals surface area contributed by atoms with Crippen molar-refractivity contribution in [2.45, 2.75) is 25.8 Å². The third-order valence-corrected chi connectivity index (χ3v) is 3.34. The second-order valence-electron chi connectivity index (χ2n) is 4.65. The fourth-order valence-electron chi connectivity index (χ4n) is 2.41. The quantitative estimate of drug-likeness (QED) is 0.786. The molecule has 1 fully saturated rings. The molecule has 0 bridgehead atoms. The monoisotopic (exact) mass is 207 g/mol. The lowest BCUT2D eigenvalue weighted by Crippen LogP contribution is -2.13. The highest BCUT2D eigenvalue weighted by Crippen LogP contribution is 2.27. The number of nitrogens with one attached hydrogen (secondary N) is 2. The van der Waals surface area contributed by atoms with Crippen molar-refractivity contribution in [2.75, 3.05) is 27.2 Å². The molecule has 1 saturated heterocycles. The number of likely N-dealkylation sites (tertiary alicyclic amines) is 1. The molecule has 84 valence electrons. The second kappa shape index (κ2) is 4.37. The number of aromatic amines is 1. The molecule has 1 aromatic rings. The molecule has 0 amide bonds. The third-order valence-electron chi connectivity index (χ3n) is 3.34. The Morgan fingerprint density at radius 2 is 2.40 bits per heavy atom. The van der Waals surface area contributed by atoms with E-state index >= 15 is 0 Å². The topological polar surface area (TPSA) is 31.1 Å². The molecule has 1 aromatic heterocycles. The van der Waals surface area contributed by atoms with Gasteiger partial charge in [-0.25, -0.2) is 0 Å². The molecule has 2 heterocycles. The molecule has 1 aliphatic heterocycles. The summed E-state index contributed by atoms with van der Waals surface area (Å²) in [6.45, 7) is 5.54. The molecule has 3 heteroatoms. The third kappa shape index (κ3) is 2.24. The first kappa shape index (κ1) is 10.7. The molecule has 0 aliphatic carbocycles. The van der Waals surface area contributed by atoms with Gasteiger partial charge in [0.15, 0.2) is 0 Å². The molecule has 2 N–H and O–H groups in total. The van der Waals surface area contributed by atoms with Gasteiger partial charge in [0.25, 0.3) is 0 Å². The summed E-state index contributed by atoms with van der Waals surface area (Å²) in [6, 6.07) is 2.33. The van der Waals surface area contributed by atoms with Crippen LogP contribution in [0, 0.1) is 6.92 Å². The van der Waals surface area contributed by atoms with Crippen molar-refractivity contribution in [3.8, 4) is 0 Å². The van der Waals surface area contributed by atoms with Gasteiger partial charge in [0, 0.05) is 30.4 Å². The Balaban J connectivity index is 2.12. The van der Waals surface area contributed by atoms with Crippen LogP contribution in [0.1, 0.15) is 29.3 Å². The van der Waals surface area contributed by atoms with Crippen molar-refractivity contribution in [3.05, 3.63) is 23.0 Å². The largest absolute Gasteiger partial charge is 0.362 e. The predicted octanol–water partition coefficient (Wildman–Crippen LogP) is 1.46. The lowest BCUT2D eigenvalue weighted by molar-refractivity contribution is 0.411. The molecule has 1 aliphatic rings. The van der Waals surface area contributed by atoms with Crippen LogP contribution in [-0.4, -0.2) is 37.1 Å². The normalized spacial score (nSPS) is 22.5. The maximum atomic E-state index is 3.53. The lowest BCUT2D eigenvalue weighted by atomic mass is 10.0. The van der Waals surface area contributed by atoms with Crippen molar-refractivity contribution in [1.29, 1.82) is 0 Å². The standard InChI is InChI=1S/C12H21N3/c1-9-11(7-13-2)6-12(14-9)10-4-5-15(3)8-10/h6,10,13-14H,4-5,7-8H2,1-3H3. The zero-order valence-electron chi connectivity index (χ0n) is 9.93. The van der Waals surface area contributed by atoms with Crippen LogP contribution in [0.5, 0.6) is 0 Å². The number of nitrogens with zero attached hydrogens (tertiary/aromatic N) is 1. The van der Waals surface area contributed by atoms with E-state index in [-0.39, 0.29) is 0 Å². The molecule has 0 spiro atoms. The van der Waals surface area contributed by atoms with Crippen molar-refractivity contribution < 1.29 is 0 Å². The van der Waals surface area contributed by atoms with Gasteiger partial charge in [-0.3, -0.25) is 0 Å². The molecule has 0 radical (unpaired) electrons. The van der Waals surface area contributed by atoms with Crippen LogP contribution in [-0.2, 0) is 6.54 Å². The van der Waals surface area contributed by atoms with Gasteiger partial charge in [-0.2, -0.15) is 0 Å². The van der Waals surface area contributed by atoms with Crippen molar-refractivity contribution >= 4 is 0 Å². The number of hydrogen-bond donors (Lipinski definition) is 2. The molecular weight excluding hydrogens is 186 g/mol. The Bertz CT molecular complexity index is 330. The van der Waals surface area contributed by atoms with Gasteiger partial charge >= 0.3 is 0 Å². The summed E-state index contributed by atoms with van der Waals surface area (Å²) < 4.78 is 0. The van der Waals surface area contributed by atoms with E-state index in [1.54, 1.807) is 0 Å². The van der Waals surface area contributed by atoms with Crippen molar-refractivity contribution in [2.24, 2.45) is 0 Å². The van der Waals surface area contributed by atoms with Crippen molar-refractivity contribution in [1.82, 2.24) is 15.2 Å². The Kier molecular flexibility index (Phi) is 3.12. The van der Waals surface area contributed by atoms with Gasteiger partial charge in [-0.15, -0.1) is 0 Å². The number of H-pyrrole nitrogens is 1. The maximum Gasteiger partial charge on any atom is 0.0220 e. The van der Waals surface area contributed by atoms with Crippen LogP contribution in [0.2, 0.25) is 0 Å². The van der Waals surface area contributed by atoms with Gasteiger partial charge in [0.1, 0.15) is 0 Å². The first-order valence-electron chi connectivity index (χ1n) is 5.72. The number of rotatable bonds is 3. The minimum atomic E-state index is 0.708. The Labute approximate surface area is 91.9 Å². The van der Waals surface area contributed by atoms with Gasteiger partial charge in [-0.05, 0) is 45.6 Å². The highest BCUT2D eigenvalue weighted by atomic mass is 15.1. The Morgan fingerprint density at radius 3 is 3.00 bits per heavy atom. The maximum absolute atomic E-state index is 3.53. The highest BCUT2D eigenvalue weighted by Gasteiger charge is 2.22. The van der Waals surface area contributed by atoms with Crippen LogP contribution >= 0.6 is 0 Å². The van der Waals surface area contributed by atoms with E-state index < -0.39 is 0 Å². The summed E-state index contributed by atoms with van der Waals surface area (Å²) in [5, 5.41) is 3.21. The van der Waals surface area contributed by atoms with Gasteiger partial charge in [0.2, 0.25) is 0 Å².